The molecule has 0 saturated carbocycles. The molecule has 1 N–H and O–H groups in total. The summed E-state index contributed by atoms with van der Waals surface area (Å²) >= 11 is 0. The zero-order valence-corrected chi connectivity index (χ0v) is 13.9. The van der Waals surface area contributed by atoms with Crippen LogP contribution in [0.1, 0.15) is 28.7 Å². The molecule has 1 unspecified atom stereocenters. The Bertz CT molecular complexity index is 615. The third-order valence-corrected chi connectivity index (χ3v) is 4.41. The largest absolute Gasteiger partial charge is 0.387 e. The number of aryl methyl sites for hydroxylation is 2. The Morgan fingerprint density at radius 2 is 1.74 bits per heavy atom. The third-order valence-electron chi connectivity index (χ3n) is 4.41. The number of aliphatic hydroxyl groups excluding tert-OH is 1. The van der Waals surface area contributed by atoms with Gasteiger partial charge in [0.05, 0.1) is 18.3 Å². The summed E-state index contributed by atoms with van der Waals surface area (Å²) in [6.07, 6.45) is -0.418. The Kier molecular flexibility index (Phi) is 5.10. The molecule has 2 aromatic rings. The lowest BCUT2D eigenvalue weighted by Crippen LogP contribution is -2.47. The van der Waals surface area contributed by atoms with Crippen molar-refractivity contribution in [1.29, 1.82) is 0 Å². The first-order valence-electron chi connectivity index (χ1n) is 8.22. The number of piperazine rings is 1. The average molecular weight is 315 g/mol. The molecule has 0 bridgehead atoms. The second kappa shape index (κ2) is 7.25. The van der Waals surface area contributed by atoms with Crippen LogP contribution in [0, 0.1) is 13.8 Å². The van der Waals surface area contributed by atoms with Crippen molar-refractivity contribution in [3.8, 4) is 0 Å². The summed E-state index contributed by atoms with van der Waals surface area (Å²) < 4.78 is 5.28. The molecule has 1 aliphatic heterocycles. The molecule has 0 amide bonds. The first-order valence-corrected chi connectivity index (χ1v) is 8.22. The Hall–Kier alpha value is -1.69. The van der Waals surface area contributed by atoms with E-state index in [2.05, 4.69) is 34.0 Å². The fourth-order valence-corrected chi connectivity index (χ4v) is 2.98. The second-order valence-corrected chi connectivity index (χ2v) is 6.44. The van der Waals surface area contributed by atoms with Crippen molar-refractivity contribution in [2.24, 2.45) is 0 Å². The van der Waals surface area contributed by atoms with E-state index in [4.69, 9.17) is 4.52 Å². The predicted molar refractivity (Wildman–Crippen MR) is 89.1 cm³/mol. The highest BCUT2D eigenvalue weighted by Crippen LogP contribution is 2.17. The lowest BCUT2D eigenvalue weighted by Gasteiger charge is -2.35. The van der Waals surface area contributed by atoms with Crippen LogP contribution in [0.5, 0.6) is 0 Å². The molecule has 1 fully saturated rings. The molecular weight excluding hydrogens is 290 g/mol. The fraction of sp³-hybridized carbons (Fsp3) is 0.500. The summed E-state index contributed by atoms with van der Waals surface area (Å²) in [6, 6.07) is 10.1. The van der Waals surface area contributed by atoms with Crippen molar-refractivity contribution in [1.82, 2.24) is 15.0 Å². The maximum absolute atomic E-state index is 10.4. The molecule has 5 nitrogen and oxygen atoms in total. The van der Waals surface area contributed by atoms with Gasteiger partial charge in [0.1, 0.15) is 0 Å². The molecule has 3 rings (SSSR count). The average Bonchev–Trinajstić information content (AvgIpc) is 2.95. The van der Waals surface area contributed by atoms with Crippen molar-refractivity contribution >= 4 is 0 Å². The Balaban J connectivity index is 1.46. The fourth-order valence-electron chi connectivity index (χ4n) is 2.98. The lowest BCUT2D eigenvalue weighted by molar-refractivity contribution is 0.0670. The molecule has 0 aliphatic carbocycles. The van der Waals surface area contributed by atoms with Crippen molar-refractivity contribution in [3.05, 3.63) is 52.9 Å². The summed E-state index contributed by atoms with van der Waals surface area (Å²) in [5.74, 6) is 0.927. The predicted octanol–water partition coefficient (Wildman–Crippen LogP) is 2.14. The van der Waals surface area contributed by atoms with Gasteiger partial charge in [-0.3, -0.25) is 9.80 Å². The van der Waals surface area contributed by atoms with Crippen molar-refractivity contribution in [2.45, 2.75) is 26.5 Å². The number of hydrogen-bond donors (Lipinski definition) is 1. The molecule has 0 spiro atoms. The van der Waals surface area contributed by atoms with E-state index in [9.17, 15) is 5.11 Å². The maximum atomic E-state index is 10.4. The van der Waals surface area contributed by atoms with Crippen LogP contribution in [0.4, 0.5) is 0 Å². The molecule has 0 radical (unpaired) electrons. The minimum absolute atomic E-state index is 0.418. The molecule has 1 aromatic carbocycles. The zero-order chi connectivity index (χ0) is 16.2. The topological polar surface area (TPSA) is 52.7 Å². The summed E-state index contributed by atoms with van der Waals surface area (Å²) in [6.45, 7) is 9.42. The summed E-state index contributed by atoms with van der Waals surface area (Å²) in [7, 11) is 0. The highest BCUT2D eigenvalue weighted by Gasteiger charge is 2.20. The number of rotatable bonds is 5. The van der Waals surface area contributed by atoms with Crippen LogP contribution >= 0.6 is 0 Å². The van der Waals surface area contributed by atoms with Gasteiger partial charge in [0.2, 0.25) is 0 Å². The monoisotopic (exact) mass is 315 g/mol. The van der Waals surface area contributed by atoms with E-state index >= 15 is 0 Å². The molecular formula is C18H25N3O2. The normalized spacial score (nSPS) is 18.2. The summed E-state index contributed by atoms with van der Waals surface area (Å²) in [5.41, 5.74) is 3.15. The van der Waals surface area contributed by atoms with E-state index in [1.807, 2.05) is 25.1 Å². The summed E-state index contributed by atoms with van der Waals surface area (Å²) in [4.78, 5) is 4.70. The molecule has 1 aromatic heterocycles. The van der Waals surface area contributed by atoms with Crippen molar-refractivity contribution < 1.29 is 9.63 Å². The quantitative estimate of drug-likeness (QED) is 0.916. The van der Waals surface area contributed by atoms with Gasteiger partial charge in [-0.05, 0) is 19.4 Å². The molecule has 2 heterocycles. The molecule has 1 saturated heterocycles. The van der Waals surface area contributed by atoms with Crippen LogP contribution in [0.15, 0.2) is 34.9 Å². The number of aliphatic hydroxyl groups is 1. The van der Waals surface area contributed by atoms with E-state index in [0.717, 1.165) is 49.7 Å². The Labute approximate surface area is 137 Å². The highest BCUT2D eigenvalue weighted by molar-refractivity contribution is 5.23. The van der Waals surface area contributed by atoms with E-state index in [1.165, 1.54) is 5.56 Å². The van der Waals surface area contributed by atoms with Gasteiger partial charge in [-0.2, -0.15) is 0 Å². The molecule has 124 valence electrons. The van der Waals surface area contributed by atoms with E-state index in [0.29, 0.717) is 6.54 Å². The van der Waals surface area contributed by atoms with E-state index in [-0.39, 0.29) is 0 Å². The third kappa shape index (κ3) is 4.41. The Morgan fingerprint density at radius 1 is 1.09 bits per heavy atom. The molecule has 1 aliphatic rings. The van der Waals surface area contributed by atoms with Gasteiger partial charge in [0.15, 0.2) is 5.76 Å². The minimum Gasteiger partial charge on any atom is -0.387 e. The zero-order valence-electron chi connectivity index (χ0n) is 13.9. The van der Waals surface area contributed by atoms with Gasteiger partial charge in [-0.1, -0.05) is 35.0 Å². The van der Waals surface area contributed by atoms with Gasteiger partial charge in [0, 0.05) is 38.8 Å². The van der Waals surface area contributed by atoms with E-state index in [1.54, 1.807) is 0 Å². The number of nitrogens with zero attached hydrogens (tertiary/aromatic N) is 3. The lowest BCUT2D eigenvalue weighted by atomic mass is 10.1. The van der Waals surface area contributed by atoms with Crippen molar-refractivity contribution in [2.75, 3.05) is 32.7 Å². The number of β-amino-alcohol motifs (C(OH)–C–C–N with tert-alkyl or cyclic N) is 1. The van der Waals surface area contributed by atoms with Crippen LogP contribution in [0.2, 0.25) is 0 Å². The highest BCUT2D eigenvalue weighted by atomic mass is 16.5. The van der Waals surface area contributed by atoms with Crippen LogP contribution in [0.25, 0.3) is 0 Å². The van der Waals surface area contributed by atoms with Gasteiger partial charge in [-0.15, -0.1) is 0 Å². The number of benzene rings is 1. The van der Waals surface area contributed by atoms with Crippen LogP contribution in [-0.4, -0.2) is 52.8 Å². The van der Waals surface area contributed by atoms with Crippen LogP contribution < -0.4 is 0 Å². The Morgan fingerprint density at radius 3 is 2.35 bits per heavy atom. The SMILES string of the molecule is Cc1ccc(C(O)CN2CCN(Cc3cc(C)no3)CC2)cc1. The first-order chi connectivity index (χ1) is 11.1. The smallest absolute Gasteiger partial charge is 0.150 e. The van der Waals surface area contributed by atoms with Gasteiger partial charge in [0.25, 0.3) is 0 Å². The van der Waals surface area contributed by atoms with Gasteiger partial charge in [-0.25, -0.2) is 0 Å². The first kappa shape index (κ1) is 16.2. The standard InChI is InChI=1S/C18H25N3O2/c1-14-3-5-16(6-4-14)18(22)13-21-9-7-20(8-10-21)12-17-11-15(2)19-23-17/h3-6,11,18,22H,7-10,12-13H2,1-2H3. The van der Waals surface area contributed by atoms with Crippen molar-refractivity contribution in [3.63, 3.8) is 0 Å². The summed E-state index contributed by atoms with van der Waals surface area (Å²) in [5, 5.41) is 14.3. The number of hydrogen-bond acceptors (Lipinski definition) is 5. The molecule has 23 heavy (non-hydrogen) atoms. The molecule has 1 atom stereocenters. The minimum atomic E-state index is -0.418. The maximum Gasteiger partial charge on any atom is 0.150 e. The second-order valence-electron chi connectivity index (χ2n) is 6.44. The molecule has 5 heteroatoms. The van der Waals surface area contributed by atoms with Crippen LogP contribution in [0.3, 0.4) is 0 Å². The number of aromatic nitrogens is 1. The van der Waals surface area contributed by atoms with Crippen LogP contribution in [-0.2, 0) is 6.54 Å². The van der Waals surface area contributed by atoms with Gasteiger partial charge < -0.3 is 9.63 Å². The van der Waals surface area contributed by atoms with Gasteiger partial charge >= 0.3 is 0 Å². The van der Waals surface area contributed by atoms with E-state index < -0.39 is 6.10 Å².